The molecular weight excluding hydrogens is 326 g/mol. The van der Waals surface area contributed by atoms with Gasteiger partial charge in [-0.2, -0.15) is 0 Å². The van der Waals surface area contributed by atoms with Crippen molar-refractivity contribution in [2.45, 2.75) is 19.6 Å². The maximum absolute atomic E-state index is 5.78. The number of hydrogen-bond acceptors (Lipinski definition) is 2. The Kier molecular flexibility index (Phi) is 6.03. The number of nitrogens with one attached hydrogen (secondary N) is 1. The molecule has 110 valence electrons. The highest BCUT2D eigenvalue weighted by Gasteiger charge is 2.05. The van der Waals surface area contributed by atoms with Gasteiger partial charge in [-0.1, -0.05) is 65.0 Å². The van der Waals surface area contributed by atoms with E-state index >= 15 is 0 Å². The van der Waals surface area contributed by atoms with Crippen LogP contribution in [-0.4, -0.2) is 6.54 Å². The first-order valence-corrected chi connectivity index (χ1v) is 7.78. The normalized spacial score (nSPS) is 11.9. The molecule has 1 N–H and O–H groups in total. The van der Waals surface area contributed by atoms with Gasteiger partial charge in [-0.25, -0.2) is 0 Å². The Bertz CT molecular complexity index is 566. The van der Waals surface area contributed by atoms with Gasteiger partial charge in [0.25, 0.3) is 0 Å². The topological polar surface area (TPSA) is 21.3 Å². The maximum Gasteiger partial charge on any atom is 0.119 e. The number of rotatable bonds is 7. The molecule has 0 aromatic heterocycles. The van der Waals surface area contributed by atoms with Crippen LogP contribution in [0, 0.1) is 0 Å². The lowest BCUT2D eigenvalue weighted by molar-refractivity contribution is 0.306. The third-order valence-electron chi connectivity index (χ3n) is 3.23. The second-order valence-electron chi connectivity index (χ2n) is 4.96. The molecule has 2 aromatic carbocycles. The summed E-state index contributed by atoms with van der Waals surface area (Å²) < 4.78 is 6.74. The van der Waals surface area contributed by atoms with Crippen LogP contribution in [0.3, 0.4) is 0 Å². The van der Waals surface area contributed by atoms with Crippen molar-refractivity contribution < 1.29 is 4.74 Å². The first-order valence-electron chi connectivity index (χ1n) is 6.98. The molecule has 0 heterocycles. The van der Waals surface area contributed by atoms with Gasteiger partial charge in [0.15, 0.2) is 0 Å². The largest absolute Gasteiger partial charge is 0.489 e. The molecule has 0 fully saturated rings. The van der Waals surface area contributed by atoms with Crippen molar-refractivity contribution in [1.82, 2.24) is 5.32 Å². The minimum absolute atomic E-state index is 0.280. The van der Waals surface area contributed by atoms with Crippen LogP contribution in [0.5, 0.6) is 5.75 Å². The van der Waals surface area contributed by atoms with Crippen LogP contribution < -0.4 is 10.1 Å². The van der Waals surface area contributed by atoms with E-state index < -0.39 is 0 Å². The number of ether oxygens (including phenoxy) is 1. The molecule has 0 aliphatic carbocycles. The van der Waals surface area contributed by atoms with Crippen LogP contribution >= 0.6 is 15.9 Å². The zero-order chi connectivity index (χ0) is 15.1. The maximum atomic E-state index is 5.78. The van der Waals surface area contributed by atoms with E-state index in [1.165, 1.54) is 11.1 Å². The summed E-state index contributed by atoms with van der Waals surface area (Å²) in [6, 6.07) is 18.7. The van der Waals surface area contributed by atoms with Gasteiger partial charge >= 0.3 is 0 Å². The summed E-state index contributed by atoms with van der Waals surface area (Å²) in [6.45, 7) is 7.31. The molecule has 0 spiro atoms. The number of benzene rings is 2. The van der Waals surface area contributed by atoms with Crippen molar-refractivity contribution in [1.29, 1.82) is 0 Å². The van der Waals surface area contributed by atoms with Crippen molar-refractivity contribution >= 4 is 15.9 Å². The van der Waals surface area contributed by atoms with Crippen LogP contribution in [0.15, 0.2) is 65.7 Å². The summed E-state index contributed by atoms with van der Waals surface area (Å²) in [5, 5.41) is 3.39. The van der Waals surface area contributed by atoms with E-state index in [1.807, 2.05) is 30.3 Å². The fourth-order valence-electron chi connectivity index (χ4n) is 1.98. The lowest BCUT2D eigenvalue weighted by atomic mass is 10.1. The van der Waals surface area contributed by atoms with Crippen LogP contribution in [0.25, 0.3) is 0 Å². The Morgan fingerprint density at radius 2 is 1.81 bits per heavy atom. The molecule has 2 rings (SSSR count). The molecule has 0 radical (unpaired) electrons. The Morgan fingerprint density at radius 1 is 1.14 bits per heavy atom. The molecule has 0 bridgehead atoms. The summed E-state index contributed by atoms with van der Waals surface area (Å²) in [5.74, 6) is 0.889. The SMILES string of the molecule is C=C(Br)CNC(C)c1ccc(OCc2ccccc2)cc1. The quantitative estimate of drug-likeness (QED) is 0.776. The Hall–Kier alpha value is -1.58. The van der Waals surface area contributed by atoms with Crippen molar-refractivity contribution in [3.63, 3.8) is 0 Å². The minimum Gasteiger partial charge on any atom is -0.489 e. The highest BCUT2D eigenvalue weighted by Crippen LogP contribution is 2.19. The molecule has 2 aromatic rings. The van der Waals surface area contributed by atoms with E-state index in [1.54, 1.807) is 0 Å². The minimum atomic E-state index is 0.280. The molecule has 0 amide bonds. The molecule has 2 nitrogen and oxygen atoms in total. The molecule has 0 saturated heterocycles. The zero-order valence-corrected chi connectivity index (χ0v) is 13.8. The van der Waals surface area contributed by atoms with E-state index in [0.29, 0.717) is 6.61 Å². The van der Waals surface area contributed by atoms with E-state index in [-0.39, 0.29) is 6.04 Å². The average molecular weight is 346 g/mol. The fraction of sp³-hybridized carbons (Fsp3) is 0.222. The lowest BCUT2D eigenvalue weighted by Gasteiger charge is -2.14. The second kappa shape index (κ2) is 8.01. The van der Waals surface area contributed by atoms with E-state index in [0.717, 1.165) is 16.8 Å². The summed E-state index contributed by atoms with van der Waals surface area (Å²) in [7, 11) is 0. The van der Waals surface area contributed by atoms with Gasteiger partial charge in [0.1, 0.15) is 12.4 Å². The molecule has 3 heteroatoms. The van der Waals surface area contributed by atoms with E-state index in [2.05, 4.69) is 59.0 Å². The van der Waals surface area contributed by atoms with Gasteiger partial charge in [-0.05, 0) is 30.2 Å². The van der Waals surface area contributed by atoms with E-state index in [9.17, 15) is 0 Å². The standard InChI is InChI=1S/C18H20BrNO/c1-14(19)12-20-15(2)17-8-10-18(11-9-17)21-13-16-6-4-3-5-7-16/h3-11,15,20H,1,12-13H2,2H3. The molecular formula is C18H20BrNO. The lowest BCUT2D eigenvalue weighted by Crippen LogP contribution is -2.19. The molecule has 0 aliphatic heterocycles. The zero-order valence-electron chi connectivity index (χ0n) is 12.2. The van der Waals surface area contributed by atoms with Crippen LogP contribution in [-0.2, 0) is 6.61 Å². The van der Waals surface area contributed by atoms with Crippen LogP contribution in [0.2, 0.25) is 0 Å². The van der Waals surface area contributed by atoms with Crippen molar-refractivity contribution in [3.8, 4) is 5.75 Å². The monoisotopic (exact) mass is 345 g/mol. The van der Waals surface area contributed by atoms with Gasteiger partial charge in [0.2, 0.25) is 0 Å². The van der Waals surface area contributed by atoms with Crippen LogP contribution in [0.4, 0.5) is 0 Å². The van der Waals surface area contributed by atoms with Crippen molar-refractivity contribution in [3.05, 3.63) is 76.8 Å². The Morgan fingerprint density at radius 3 is 2.43 bits per heavy atom. The van der Waals surface area contributed by atoms with E-state index in [4.69, 9.17) is 4.74 Å². The first kappa shape index (κ1) is 15.8. The number of hydrogen-bond donors (Lipinski definition) is 1. The van der Waals surface area contributed by atoms with Gasteiger partial charge in [0.05, 0.1) is 0 Å². The molecule has 0 saturated carbocycles. The highest BCUT2D eigenvalue weighted by atomic mass is 79.9. The molecule has 1 atom stereocenters. The van der Waals surface area contributed by atoms with Gasteiger partial charge in [0, 0.05) is 17.1 Å². The average Bonchev–Trinajstić information content (AvgIpc) is 2.52. The third kappa shape index (κ3) is 5.37. The Labute approximate surface area is 135 Å². The predicted molar refractivity (Wildman–Crippen MR) is 91.7 cm³/mol. The smallest absolute Gasteiger partial charge is 0.119 e. The summed E-state index contributed by atoms with van der Waals surface area (Å²) in [4.78, 5) is 0. The highest BCUT2D eigenvalue weighted by molar-refractivity contribution is 9.11. The van der Waals surface area contributed by atoms with Crippen molar-refractivity contribution in [2.75, 3.05) is 6.54 Å². The first-order chi connectivity index (χ1) is 10.1. The van der Waals surface area contributed by atoms with Crippen LogP contribution in [0.1, 0.15) is 24.1 Å². The fourth-order valence-corrected chi connectivity index (χ4v) is 2.14. The molecule has 1 unspecified atom stereocenters. The van der Waals surface area contributed by atoms with Crippen molar-refractivity contribution in [2.24, 2.45) is 0 Å². The molecule has 0 aliphatic rings. The third-order valence-corrected chi connectivity index (χ3v) is 3.51. The summed E-state index contributed by atoms with van der Waals surface area (Å²) in [5.41, 5.74) is 2.41. The van der Waals surface area contributed by atoms with Gasteiger partial charge in [-0.3, -0.25) is 0 Å². The summed E-state index contributed by atoms with van der Waals surface area (Å²) in [6.07, 6.45) is 0. The second-order valence-corrected chi connectivity index (χ2v) is 6.08. The molecule has 21 heavy (non-hydrogen) atoms. The van der Waals surface area contributed by atoms with Gasteiger partial charge < -0.3 is 10.1 Å². The predicted octanol–water partition coefficient (Wildman–Crippen LogP) is 4.82. The van der Waals surface area contributed by atoms with Gasteiger partial charge in [-0.15, -0.1) is 0 Å². The number of halogens is 1. The summed E-state index contributed by atoms with van der Waals surface area (Å²) >= 11 is 3.35. The Balaban J connectivity index is 1.88.